The van der Waals surface area contributed by atoms with Gasteiger partial charge in [0.15, 0.2) is 0 Å². The van der Waals surface area contributed by atoms with Crippen molar-refractivity contribution in [3.05, 3.63) is 30.3 Å². The van der Waals surface area contributed by atoms with Gasteiger partial charge in [0.2, 0.25) is 0 Å². The Labute approximate surface area is 71.4 Å². The van der Waals surface area contributed by atoms with Crippen molar-refractivity contribution in [1.82, 2.24) is 0 Å². The topological polar surface area (TPSA) is 21.3 Å². The molecule has 0 amide bonds. The van der Waals surface area contributed by atoms with Gasteiger partial charge in [-0.15, -0.1) is 0 Å². The fourth-order valence-corrected chi connectivity index (χ4v) is 1.06. The van der Waals surface area contributed by atoms with Crippen LogP contribution in [0.4, 0.5) is 5.69 Å². The first-order valence-corrected chi connectivity index (χ1v) is 5.94. The van der Waals surface area contributed by atoms with Crippen molar-refractivity contribution in [2.75, 3.05) is 10.4 Å². The van der Waals surface area contributed by atoms with Crippen molar-refractivity contribution in [1.29, 1.82) is 0 Å². The summed E-state index contributed by atoms with van der Waals surface area (Å²) < 4.78 is 5.08. The number of alkyl halides is 1. The summed E-state index contributed by atoms with van der Waals surface area (Å²) in [6.07, 6.45) is 0. The molecule has 1 N–H and O–H groups in total. The minimum atomic E-state index is -0.130. The van der Waals surface area contributed by atoms with Crippen LogP contribution in [0, 0.1) is 0 Å². The Morgan fingerprint density at radius 2 is 2.00 bits per heavy atom. The molecule has 0 fully saturated rings. The first-order chi connectivity index (χ1) is 4.93. The third-order valence-corrected chi connectivity index (χ3v) is 1.67. The van der Waals surface area contributed by atoms with E-state index in [2.05, 4.69) is 10.4 Å². The molecule has 10 heavy (non-hydrogen) atoms. The summed E-state index contributed by atoms with van der Waals surface area (Å²) in [5.41, 5.74) is 3.86. The summed E-state index contributed by atoms with van der Waals surface area (Å²) in [5, 5.41) is 0. The van der Waals surface area contributed by atoms with Gasteiger partial charge < -0.3 is 0 Å². The zero-order valence-electron chi connectivity index (χ0n) is 5.67. The van der Waals surface area contributed by atoms with Crippen LogP contribution in [-0.4, -0.2) is 4.93 Å². The van der Waals surface area contributed by atoms with Gasteiger partial charge in [0, 0.05) is 0 Å². The Balaban J connectivity index is 2.43. The number of nitrogens with one attached hydrogen (secondary N) is 1. The van der Waals surface area contributed by atoms with E-state index in [1.165, 1.54) is 0 Å². The predicted octanol–water partition coefficient (Wildman–Crippen LogP) is -1.34. The van der Waals surface area contributed by atoms with E-state index in [9.17, 15) is 0 Å². The first-order valence-electron chi connectivity index (χ1n) is 2.90. The molecule has 2 nitrogen and oxygen atoms in total. The molecule has 1 aromatic carbocycles. The molecule has 0 saturated carbocycles. The number of anilines is 1. The summed E-state index contributed by atoms with van der Waals surface area (Å²) in [6.45, 7) is 0. The second-order valence-corrected chi connectivity index (χ2v) is 3.02. The van der Waals surface area contributed by atoms with Crippen LogP contribution in [0.2, 0.25) is 0 Å². The molecule has 0 aromatic heterocycles. The van der Waals surface area contributed by atoms with E-state index >= 15 is 0 Å². The van der Waals surface area contributed by atoms with E-state index in [4.69, 9.17) is 3.17 Å². The molecule has 0 bridgehead atoms. The number of benzene rings is 1. The summed E-state index contributed by atoms with van der Waals surface area (Å²) in [7, 11) is 0. The van der Waals surface area contributed by atoms with Crippen molar-refractivity contribution in [3.63, 3.8) is 0 Å². The molecule has 0 spiro atoms. The van der Waals surface area contributed by atoms with E-state index in [-0.39, 0.29) is 21.6 Å². The maximum atomic E-state index is 5.08. The van der Waals surface area contributed by atoms with Gasteiger partial charge in [-0.05, 0) is 0 Å². The van der Waals surface area contributed by atoms with Crippen LogP contribution < -0.4 is 27.1 Å². The Morgan fingerprint density at radius 1 is 1.30 bits per heavy atom. The predicted molar refractivity (Wildman–Crippen MR) is 37.1 cm³/mol. The third-order valence-electron chi connectivity index (χ3n) is 1.01. The molecule has 1 aromatic rings. The molecule has 0 saturated heterocycles. The maximum absolute atomic E-state index is 5.08. The van der Waals surface area contributed by atoms with Gasteiger partial charge in [-0.25, -0.2) is 0 Å². The molecular weight excluding hydrogens is 241 g/mol. The third kappa shape index (κ3) is 2.53. The van der Waals surface area contributed by atoms with E-state index in [0.29, 0.717) is 0 Å². The molecule has 0 radical (unpaired) electrons. The Hall–Kier alpha value is -0.290. The zero-order chi connectivity index (χ0) is 7.23. The van der Waals surface area contributed by atoms with E-state index in [1.807, 2.05) is 30.3 Å². The fourth-order valence-electron chi connectivity index (χ4n) is 0.589. The molecule has 0 aliphatic rings. The van der Waals surface area contributed by atoms with Gasteiger partial charge in [-0.2, -0.15) is 0 Å². The molecule has 0 atom stereocenters. The van der Waals surface area contributed by atoms with Gasteiger partial charge in [-0.3, -0.25) is 0 Å². The molecule has 1 rings (SSSR count). The van der Waals surface area contributed by atoms with Gasteiger partial charge in [0.05, 0.1) is 0 Å². The van der Waals surface area contributed by atoms with Gasteiger partial charge in [-0.1, -0.05) is 0 Å². The van der Waals surface area contributed by atoms with Crippen LogP contribution in [0.15, 0.2) is 30.3 Å². The van der Waals surface area contributed by atoms with E-state index in [0.717, 1.165) is 5.69 Å². The summed E-state index contributed by atoms with van der Waals surface area (Å²) in [4.78, 5) is 2.05. The molecule has 56 valence electrons. The average Bonchev–Trinajstić information content (AvgIpc) is 2.03. The number of halogens is 1. The first kappa shape index (κ1) is 7.81. The normalized spacial score (nSPS) is 9.70. The Bertz CT molecular complexity index is 178. The Morgan fingerprint density at radius 3 is 2.60 bits per heavy atom. The van der Waals surface area contributed by atoms with Crippen molar-refractivity contribution in [2.24, 2.45) is 0 Å². The Kier molecular flexibility index (Phi) is 3.53. The van der Waals surface area contributed by atoms with Crippen LogP contribution in [-0.2, 0) is 3.17 Å². The summed E-state index contributed by atoms with van der Waals surface area (Å²) in [5.74, 6) is 0. The molecule has 0 heterocycles. The standard InChI is InChI=1S/C7H9INO/c1-8-10-9-7-5-3-2-4-6-7/h2-6,9H,1H3/q-1. The molecular formula is C7H9INO-. The minimum absolute atomic E-state index is 0.130. The van der Waals surface area contributed by atoms with Crippen molar-refractivity contribution >= 4 is 5.69 Å². The van der Waals surface area contributed by atoms with Crippen LogP contribution in [0.25, 0.3) is 0 Å². The van der Waals surface area contributed by atoms with Crippen LogP contribution >= 0.6 is 0 Å². The SMILES string of the molecule is C[I-]ONc1ccccc1. The molecule has 0 aliphatic heterocycles. The van der Waals surface area contributed by atoms with E-state index < -0.39 is 0 Å². The number of hydrogen-bond donors (Lipinski definition) is 1. The van der Waals surface area contributed by atoms with Crippen LogP contribution in [0.3, 0.4) is 0 Å². The number of rotatable bonds is 3. The second kappa shape index (κ2) is 4.51. The number of para-hydroxylation sites is 1. The fraction of sp³-hybridized carbons (Fsp3) is 0.143. The van der Waals surface area contributed by atoms with Crippen LogP contribution in [0.1, 0.15) is 0 Å². The zero-order valence-corrected chi connectivity index (χ0v) is 7.83. The summed E-state index contributed by atoms with van der Waals surface area (Å²) >= 11 is -0.130. The molecule has 3 heteroatoms. The van der Waals surface area contributed by atoms with Gasteiger partial charge in [0.25, 0.3) is 0 Å². The van der Waals surface area contributed by atoms with Crippen molar-refractivity contribution < 1.29 is 24.8 Å². The monoisotopic (exact) mass is 250 g/mol. The van der Waals surface area contributed by atoms with Crippen molar-refractivity contribution in [2.45, 2.75) is 0 Å². The van der Waals surface area contributed by atoms with Crippen LogP contribution in [0.5, 0.6) is 0 Å². The van der Waals surface area contributed by atoms with Crippen molar-refractivity contribution in [3.8, 4) is 0 Å². The quantitative estimate of drug-likeness (QED) is 0.407. The van der Waals surface area contributed by atoms with E-state index in [1.54, 1.807) is 0 Å². The second-order valence-electron chi connectivity index (χ2n) is 1.70. The molecule has 0 unspecified atom stereocenters. The molecule has 0 aliphatic carbocycles. The van der Waals surface area contributed by atoms with Gasteiger partial charge >= 0.3 is 71.2 Å². The summed E-state index contributed by atoms with van der Waals surface area (Å²) in [6, 6.07) is 9.87. The van der Waals surface area contributed by atoms with Gasteiger partial charge in [0.1, 0.15) is 0 Å². The average molecular weight is 250 g/mol. The number of hydrogen-bond acceptors (Lipinski definition) is 2.